The lowest BCUT2D eigenvalue weighted by atomic mass is 9.89. The molecule has 1 aliphatic rings. The Kier molecular flexibility index (Phi) is 7.01. The first-order valence-corrected chi connectivity index (χ1v) is 6.56. The zero-order chi connectivity index (χ0) is 11.8. The summed E-state index contributed by atoms with van der Waals surface area (Å²) < 4.78 is 10.9. The second-order valence-electron chi connectivity index (χ2n) is 5.06. The maximum atomic E-state index is 5.86. The molecule has 0 aliphatic heterocycles. The molecule has 0 aromatic carbocycles. The van der Waals surface area contributed by atoms with E-state index in [-0.39, 0.29) is 0 Å². The average molecular weight is 229 g/mol. The van der Waals surface area contributed by atoms with E-state index in [4.69, 9.17) is 9.47 Å². The van der Waals surface area contributed by atoms with Crippen LogP contribution in [-0.4, -0.2) is 39.0 Å². The van der Waals surface area contributed by atoms with E-state index >= 15 is 0 Å². The lowest BCUT2D eigenvalue weighted by Crippen LogP contribution is -2.34. The lowest BCUT2D eigenvalue weighted by Gasteiger charge is -2.26. The van der Waals surface area contributed by atoms with E-state index in [0.29, 0.717) is 12.1 Å². The standard InChI is InChI=1S/C13H27NO2/c1-11-4-6-13(7-5-11)16-9-8-14-12(2)10-15-3/h11-14H,4-10H2,1-3H3. The highest BCUT2D eigenvalue weighted by Gasteiger charge is 2.18. The molecule has 0 bridgehead atoms. The number of methoxy groups -OCH3 is 1. The quantitative estimate of drug-likeness (QED) is 0.679. The van der Waals surface area contributed by atoms with Crippen molar-refractivity contribution in [3.63, 3.8) is 0 Å². The molecule has 96 valence electrons. The van der Waals surface area contributed by atoms with E-state index in [1.54, 1.807) is 7.11 Å². The third-order valence-corrected chi connectivity index (χ3v) is 3.33. The van der Waals surface area contributed by atoms with Crippen LogP contribution in [0.5, 0.6) is 0 Å². The molecule has 0 amide bonds. The monoisotopic (exact) mass is 229 g/mol. The molecule has 0 saturated heterocycles. The van der Waals surface area contributed by atoms with Gasteiger partial charge < -0.3 is 14.8 Å². The maximum absolute atomic E-state index is 5.86. The van der Waals surface area contributed by atoms with Crippen LogP contribution in [0.2, 0.25) is 0 Å². The molecule has 3 nitrogen and oxygen atoms in total. The Morgan fingerprint density at radius 2 is 1.94 bits per heavy atom. The van der Waals surface area contributed by atoms with Gasteiger partial charge in [-0.3, -0.25) is 0 Å². The van der Waals surface area contributed by atoms with Crippen molar-refractivity contribution in [2.45, 2.75) is 51.7 Å². The Hall–Kier alpha value is -0.120. The van der Waals surface area contributed by atoms with Crippen LogP contribution >= 0.6 is 0 Å². The molecule has 0 aromatic rings. The van der Waals surface area contributed by atoms with E-state index in [2.05, 4.69) is 19.2 Å². The predicted molar refractivity (Wildman–Crippen MR) is 66.7 cm³/mol. The summed E-state index contributed by atoms with van der Waals surface area (Å²) in [5, 5.41) is 3.38. The minimum atomic E-state index is 0.417. The molecular weight excluding hydrogens is 202 g/mol. The van der Waals surface area contributed by atoms with Crippen LogP contribution in [0.15, 0.2) is 0 Å². The van der Waals surface area contributed by atoms with Crippen LogP contribution in [0.3, 0.4) is 0 Å². The van der Waals surface area contributed by atoms with Crippen LogP contribution < -0.4 is 5.32 Å². The highest BCUT2D eigenvalue weighted by molar-refractivity contribution is 4.70. The van der Waals surface area contributed by atoms with Gasteiger partial charge in [-0.2, -0.15) is 0 Å². The van der Waals surface area contributed by atoms with Crippen molar-refractivity contribution in [2.75, 3.05) is 26.9 Å². The number of rotatable bonds is 7. The molecule has 0 spiro atoms. The fourth-order valence-corrected chi connectivity index (χ4v) is 2.24. The number of ether oxygens (including phenoxy) is 2. The highest BCUT2D eigenvalue weighted by Crippen LogP contribution is 2.25. The molecule has 3 heteroatoms. The minimum Gasteiger partial charge on any atom is -0.383 e. The molecular formula is C13H27NO2. The third-order valence-electron chi connectivity index (χ3n) is 3.33. The van der Waals surface area contributed by atoms with Gasteiger partial charge in [0.1, 0.15) is 0 Å². The van der Waals surface area contributed by atoms with Crippen molar-refractivity contribution in [3.8, 4) is 0 Å². The zero-order valence-corrected chi connectivity index (χ0v) is 11.0. The van der Waals surface area contributed by atoms with Crippen LogP contribution in [0.25, 0.3) is 0 Å². The summed E-state index contributed by atoms with van der Waals surface area (Å²) in [6.45, 7) is 6.99. The first kappa shape index (κ1) is 13.9. The van der Waals surface area contributed by atoms with Gasteiger partial charge in [-0.25, -0.2) is 0 Å². The summed E-state index contributed by atoms with van der Waals surface area (Å²) in [5.74, 6) is 0.903. The molecule has 1 saturated carbocycles. The van der Waals surface area contributed by atoms with Gasteiger partial charge in [0, 0.05) is 19.7 Å². The first-order valence-electron chi connectivity index (χ1n) is 6.56. The number of hydrogen-bond donors (Lipinski definition) is 1. The second-order valence-corrected chi connectivity index (χ2v) is 5.06. The molecule has 0 heterocycles. The maximum Gasteiger partial charge on any atom is 0.0613 e. The normalized spacial score (nSPS) is 27.9. The van der Waals surface area contributed by atoms with E-state index in [1.165, 1.54) is 25.7 Å². The Morgan fingerprint density at radius 1 is 1.25 bits per heavy atom. The molecule has 0 aromatic heterocycles. The van der Waals surface area contributed by atoms with Crippen molar-refractivity contribution < 1.29 is 9.47 Å². The molecule has 1 atom stereocenters. The molecule has 1 fully saturated rings. The Morgan fingerprint density at radius 3 is 2.56 bits per heavy atom. The molecule has 1 aliphatic carbocycles. The fourth-order valence-electron chi connectivity index (χ4n) is 2.24. The minimum absolute atomic E-state index is 0.417. The van der Waals surface area contributed by atoms with Gasteiger partial charge in [0.25, 0.3) is 0 Å². The Labute approximate surface area is 99.9 Å². The van der Waals surface area contributed by atoms with Crippen molar-refractivity contribution in [2.24, 2.45) is 5.92 Å². The summed E-state index contributed by atoms with van der Waals surface area (Å²) in [4.78, 5) is 0. The number of hydrogen-bond acceptors (Lipinski definition) is 3. The van der Waals surface area contributed by atoms with Crippen molar-refractivity contribution in [1.29, 1.82) is 0 Å². The summed E-state index contributed by atoms with van der Waals surface area (Å²) in [6.07, 6.45) is 5.66. The van der Waals surface area contributed by atoms with Crippen molar-refractivity contribution >= 4 is 0 Å². The smallest absolute Gasteiger partial charge is 0.0613 e. The second kappa shape index (κ2) is 8.04. The van der Waals surface area contributed by atoms with Crippen molar-refractivity contribution in [1.82, 2.24) is 5.32 Å². The van der Waals surface area contributed by atoms with Crippen LogP contribution in [0.1, 0.15) is 39.5 Å². The van der Waals surface area contributed by atoms with Gasteiger partial charge in [-0.15, -0.1) is 0 Å². The summed E-state index contributed by atoms with van der Waals surface area (Å²) >= 11 is 0. The highest BCUT2D eigenvalue weighted by atomic mass is 16.5. The summed E-state index contributed by atoms with van der Waals surface area (Å²) in [7, 11) is 1.73. The molecule has 16 heavy (non-hydrogen) atoms. The molecule has 1 unspecified atom stereocenters. The Bertz CT molecular complexity index is 167. The summed E-state index contributed by atoms with van der Waals surface area (Å²) in [5.41, 5.74) is 0. The topological polar surface area (TPSA) is 30.5 Å². The van der Waals surface area contributed by atoms with Crippen LogP contribution in [-0.2, 0) is 9.47 Å². The SMILES string of the molecule is COCC(C)NCCOC1CCC(C)CC1. The van der Waals surface area contributed by atoms with E-state index in [9.17, 15) is 0 Å². The fraction of sp³-hybridized carbons (Fsp3) is 1.00. The van der Waals surface area contributed by atoms with Gasteiger partial charge >= 0.3 is 0 Å². The van der Waals surface area contributed by atoms with Crippen LogP contribution in [0.4, 0.5) is 0 Å². The lowest BCUT2D eigenvalue weighted by molar-refractivity contribution is 0.0200. The molecule has 1 N–H and O–H groups in total. The average Bonchev–Trinajstić information content (AvgIpc) is 2.27. The van der Waals surface area contributed by atoms with E-state index < -0.39 is 0 Å². The van der Waals surface area contributed by atoms with Gasteiger partial charge in [0.2, 0.25) is 0 Å². The molecule has 0 radical (unpaired) electrons. The van der Waals surface area contributed by atoms with Gasteiger partial charge in [0.05, 0.1) is 19.3 Å². The largest absolute Gasteiger partial charge is 0.383 e. The van der Waals surface area contributed by atoms with E-state index in [0.717, 1.165) is 25.7 Å². The predicted octanol–water partition coefficient (Wildman–Crippen LogP) is 2.21. The van der Waals surface area contributed by atoms with Crippen LogP contribution in [0, 0.1) is 5.92 Å². The van der Waals surface area contributed by atoms with Gasteiger partial charge in [0.15, 0.2) is 0 Å². The Balaban J connectivity index is 1.95. The number of nitrogens with one attached hydrogen (secondary N) is 1. The zero-order valence-electron chi connectivity index (χ0n) is 11.0. The summed E-state index contributed by atoms with van der Waals surface area (Å²) in [6, 6.07) is 0.417. The first-order chi connectivity index (χ1) is 7.72. The third kappa shape index (κ3) is 5.83. The van der Waals surface area contributed by atoms with Crippen molar-refractivity contribution in [3.05, 3.63) is 0 Å². The van der Waals surface area contributed by atoms with E-state index in [1.807, 2.05) is 0 Å². The molecule has 1 rings (SSSR count). The van der Waals surface area contributed by atoms with Gasteiger partial charge in [-0.05, 0) is 38.5 Å². The van der Waals surface area contributed by atoms with Gasteiger partial charge in [-0.1, -0.05) is 6.92 Å².